The first-order chi connectivity index (χ1) is 6.34. The summed E-state index contributed by atoms with van der Waals surface area (Å²) in [7, 11) is 0. The molecule has 0 bridgehead atoms. The third-order valence-electron chi connectivity index (χ3n) is 2.12. The summed E-state index contributed by atoms with van der Waals surface area (Å²) in [5.41, 5.74) is 0. The second-order valence-corrected chi connectivity index (χ2v) is 3.59. The molecule has 0 aliphatic carbocycles. The first kappa shape index (κ1) is 10.8. The van der Waals surface area contributed by atoms with Crippen LogP contribution in [-0.2, 0) is 9.53 Å². The van der Waals surface area contributed by atoms with Crippen LogP contribution in [-0.4, -0.2) is 31.0 Å². The monoisotopic (exact) mass is 205 g/mol. The Bertz CT molecular complexity index is 158. The van der Waals surface area contributed by atoms with Crippen LogP contribution in [0, 0.1) is 0 Å². The second-order valence-electron chi connectivity index (χ2n) is 3.21. The molecular weight excluding hydrogens is 190 g/mol. The Labute approximate surface area is 83.8 Å². The summed E-state index contributed by atoms with van der Waals surface area (Å²) in [5.74, 6) is 0.534. The number of ether oxygens (including phenoxy) is 1. The minimum absolute atomic E-state index is 0.0593. The molecular formula is C9H16ClNO2. The molecule has 0 radical (unpaired) electrons. The summed E-state index contributed by atoms with van der Waals surface area (Å²) in [6.45, 7) is 1.44. The van der Waals surface area contributed by atoms with Gasteiger partial charge in [-0.25, -0.2) is 0 Å². The molecule has 1 rings (SSSR count). The quantitative estimate of drug-likeness (QED) is 0.418. The molecule has 76 valence electrons. The normalized spacial score (nSPS) is 21.8. The van der Waals surface area contributed by atoms with Crippen molar-refractivity contribution >= 4 is 17.6 Å². The fourth-order valence-corrected chi connectivity index (χ4v) is 1.54. The zero-order valence-corrected chi connectivity index (χ0v) is 8.48. The number of hydrogen-bond donors (Lipinski definition) is 1. The Balaban J connectivity index is 2.03. The summed E-state index contributed by atoms with van der Waals surface area (Å²) in [6, 6.07) is -0.0593. The Hall–Kier alpha value is -0.280. The molecule has 0 saturated carbocycles. The lowest BCUT2D eigenvalue weighted by molar-refractivity contribution is -0.145. The van der Waals surface area contributed by atoms with Gasteiger partial charge in [0.2, 0.25) is 0 Å². The maximum absolute atomic E-state index is 11.3. The Morgan fingerprint density at radius 1 is 1.54 bits per heavy atom. The highest BCUT2D eigenvalue weighted by atomic mass is 35.5. The summed E-state index contributed by atoms with van der Waals surface area (Å²) in [4.78, 5) is 11.3. The van der Waals surface area contributed by atoms with Gasteiger partial charge in [0.05, 0.1) is 6.61 Å². The first-order valence-electron chi connectivity index (χ1n) is 4.80. The van der Waals surface area contributed by atoms with Crippen molar-refractivity contribution in [1.29, 1.82) is 0 Å². The van der Waals surface area contributed by atoms with Crippen LogP contribution in [0.5, 0.6) is 0 Å². The maximum Gasteiger partial charge on any atom is 0.323 e. The molecule has 0 aromatic carbocycles. The number of hydrogen-bond acceptors (Lipinski definition) is 3. The van der Waals surface area contributed by atoms with E-state index in [1.54, 1.807) is 0 Å². The molecule has 1 aliphatic rings. The molecule has 3 nitrogen and oxygen atoms in total. The number of esters is 1. The van der Waals surface area contributed by atoms with Gasteiger partial charge in [0.1, 0.15) is 6.04 Å². The number of unbranched alkanes of at least 4 members (excludes halogenated alkanes) is 1. The second kappa shape index (κ2) is 6.22. The summed E-state index contributed by atoms with van der Waals surface area (Å²) in [5, 5.41) is 3.10. The zero-order valence-electron chi connectivity index (χ0n) is 7.72. The highest BCUT2D eigenvalue weighted by Gasteiger charge is 2.22. The van der Waals surface area contributed by atoms with E-state index in [0.29, 0.717) is 12.5 Å². The van der Waals surface area contributed by atoms with Crippen molar-refractivity contribution < 1.29 is 9.53 Å². The van der Waals surface area contributed by atoms with Crippen molar-refractivity contribution in [3.05, 3.63) is 0 Å². The molecule has 0 spiro atoms. The van der Waals surface area contributed by atoms with Gasteiger partial charge in [0.25, 0.3) is 0 Å². The topological polar surface area (TPSA) is 38.3 Å². The van der Waals surface area contributed by atoms with E-state index in [1.165, 1.54) is 0 Å². The van der Waals surface area contributed by atoms with Crippen molar-refractivity contribution in [2.24, 2.45) is 0 Å². The molecule has 1 saturated heterocycles. The number of carbonyl (C=O) groups is 1. The van der Waals surface area contributed by atoms with E-state index in [9.17, 15) is 4.79 Å². The lowest BCUT2D eigenvalue weighted by Gasteiger charge is -2.09. The molecule has 1 N–H and O–H groups in total. The van der Waals surface area contributed by atoms with E-state index in [2.05, 4.69) is 5.32 Å². The molecule has 13 heavy (non-hydrogen) atoms. The van der Waals surface area contributed by atoms with Gasteiger partial charge < -0.3 is 10.1 Å². The summed E-state index contributed by atoms with van der Waals surface area (Å²) >= 11 is 5.49. The van der Waals surface area contributed by atoms with Gasteiger partial charge in [0.15, 0.2) is 0 Å². The molecule has 1 heterocycles. The van der Waals surface area contributed by atoms with E-state index in [1.807, 2.05) is 0 Å². The first-order valence-corrected chi connectivity index (χ1v) is 5.34. The Morgan fingerprint density at radius 3 is 3.00 bits per heavy atom. The highest BCUT2D eigenvalue weighted by molar-refractivity contribution is 6.17. The van der Waals surface area contributed by atoms with Gasteiger partial charge in [0, 0.05) is 5.88 Å². The van der Waals surface area contributed by atoms with E-state index >= 15 is 0 Å². The minimum atomic E-state index is -0.105. The van der Waals surface area contributed by atoms with Crippen LogP contribution >= 0.6 is 11.6 Å². The average molecular weight is 206 g/mol. The fourth-order valence-electron chi connectivity index (χ4n) is 1.36. The van der Waals surface area contributed by atoms with Crippen LogP contribution in [0.2, 0.25) is 0 Å². The molecule has 0 amide bonds. The van der Waals surface area contributed by atoms with Gasteiger partial charge in [-0.05, 0) is 32.2 Å². The van der Waals surface area contributed by atoms with Crippen molar-refractivity contribution in [1.82, 2.24) is 5.32 Å². The van der Waals surface area contributed by atoms with E-state index < -0.39 is 0 Å². The minimum Gasteiger partial charge on any atom is -0.465 e. The molecule has 1 atom stereocenters. The maximum atomic E-state index is 11.3. The van der Waals surface area contributed by atoms with Gasteiger partial charge in [-0.1, -0.05) is 0 Å². The zero-order chi connectivity index (χ0) is 9.52. The van der Waals surface area contributed by atoms with E-state index in [4.69, 9.17) is 16.3 Å². The van der Waals surface area contributed by atoms with Crippen molar-refractivity contribution in [2.45, 2.75) is 31.7 Å². The van der Waals surface area contributed by atoms with Crippen molar-refractivity contribution in [2.75, 3.05) is 19.0 Å². The van der Waals surface area contributed by atoms with Crippen LogP contribution < -0.4 is 5.32 Å². The smallest absolute Gasteiger partial charge is 0.323 e. The molecule has 0 aromatic heterocycles. The molecule has 0 aromatic rings. The van der Waals surface area contributed by atoms with E-state index in [-0.39, 0.29) is 12.0 Å². The SMILES string of the molecule is O=C(OCCCCCl)C1CCCN1. The molecule has 1 aliphatic heterocycles. The average Bonchev–Trinajstić information content (AvgIpc) is 2.65. The Kier molecular flexibility index (Phi) is 5.16. The predicted octanol–water partition coefficient (Wildman–Crippen LogP) is 1.30. The van der Waals surface area contributed by atoms with E-state index in [0.717, 1.165) is 32.2 Å². The van der Waals surface area contributed by atoms with Crippen LogP contribution in [0.3, 0.4) is 0 Å². The Morgan fingerprint density at radius 2 is 2.38 bits per heavy atom. The number of rotatable bonds is 5. The standard InChI is InChI=1S/C9H16ClNO2/c10-5-1-2-7-13-9(12)8-4-3-6-11-8/h8,11H,1-7H2. The third kappa shape index (κ3) is 3.96. The molecule has 4 heteroatoms. The summed E-state index contributed by atoms with van der Waals surface area (Å²) in [6.07, 6.45) is 3.75. The van der Waals surface area contributed by atoms with Gasteiger partial charge in [-0.2, -0.15) is 0 Å². The fraction of sp³-hybridized carbons (Fsp3) is 0.889. The largest absolute Gasteiger partial charge is 0.465 e. The van der Waals surface area contributed by atoms with Gasteiger partial charge in [-0.3, -0.25) is 4.79 Å². The van der Waals surface area contributed by atoms with Gasteiger partial charge >= 0.3 is 5.97 Å². The lowest BCUT2D eigenvalue weighted by Crippen LogP contribution is -2.32. The highest BCUT2D eigenvalue weighted by Crippen LogP contribution is 2.06. The number of alkyl halides is 1. The predicted molar refractivity (Wildman–Crippen MR) is 51.9 cm³/mol. The number of carbonyl (C=O) groups excluding carboxylic acids is 1. The van der Waals surface area contributed by atoms with Crippen LogP contribution in [0.15, 0.2) is 0 Å². The summed E-state index contributed by atoms with van der Waals surface area (Å²) < 4.78 is 5.07. The van der Waals surface area contributed by atoms with Crippen molar-refractivity contribution in [3.63, 3.8) is 0 Å². The van der Waals surface area contributed by atoms with Crippen molar-refractivity contribution in [3.8, 4) is 0 Å². The van der Waals surface area contributed by atoms with Crippen LogP contribution in [0.1, 0.15) is 25.7 Å². The number of halogens is 1. The molecule has 1 unspecified atom stereocenters. The third-order valence-corrected chi connectivity index (χ3v) is 2.38. The van der Waals surface area contributed by atoms with Crippen LogP contribution in [0.4, 0.5) is 0 Å². The van der Waals surface area contributed by atoms with Gasteiger partial charge in [-0.15, -0.1) is 11.6 Å². The molecule has 1 fully saturated rings. The van der Waals surface area contributed by atoms with Crippen LogP contribution in [0.25, 0.3) is 0 Å². The lowest BCUT2D eigenvalue weighted by atomic mass is 10.2. The number of nitrogens with one attached hydrogen (secondary N) is 1.